The van der Waals surface area contributed by atoms with Crippen molar-refractivity contribution < 1.29 is 22.7 Å². The third kappa shape index (κ3) is 5.81. The van der Waals surface area contributed by atoms with Gasteiger partial charge >= 0.3 is 6.09 Å². The number of nitrogens with one attached hydrogen (secondary N) is 1. The summed E-state index contributed by atoms with van der Waals surface area (Å²) < 4.78 is 52.7. The van der Waals surface area contributed by atoms with Crippen molar-refractivity contribution in [1.29, 1.82) is 0 Å². The average molecular weight is 539 g/mol. The SMILES string of the molecule is CC(C)(C)OC(=O)N1CCC(C(F)(F)c2ccc3cnc(Nc4ccc(-n5cccn5)cc4F)cc3n2)CC1. The molecule has 0 unspecified atom stereocenters. The highest BCUT2D eigenvalue weighted by Crippen LogP contribution is 2.41. The maximum Gasteiger partial charge on any atom is 0.410 e. The Morgan fingerprint density at radius 1 is 1.10 bits per heavy atom. The second-order valence-corrected chi connectivity index (χ2v) is 10.6. The van der Waals surface area contributed by atoms with E-state index < -0.39 is 29.4 Å². The molecule has 5 rings (SSSR count). The van der Waals surface area contributed by atoms with Crippen molar-refractivity contribution in [2.24, 2.45) is 5.92 Å². The van der Waals surface area contributed by atoms with E-state index in [4.69, 9.17) is 4.74 Å². The lowest BCUT2D eigenvalue weighted by molar-refractivity contribution is -0.0891. The molecular weight excluding hydrogens is 509 g/mol. The van der Waals surface area contributed by atoms with Gasteiger partial charge in [0.15, 0.2) is 0 Å². The van der Waals surface area contributed by atoms with Crippen LogP contribution in [-0.2, 0) is 10.7 Å². The van der Waals surface area contributed by atoms with Gasteiger partial charge in [-0.2, -0.15) is 13.9 Å². The van der Waals surface area contributed by atoms with Crippen molar-refractivity contribution in [1.82, 2.24) is 24.6 Å². The van der Waals surface area contributed by atoms with Gasteiger partial charge in [-0.05, 0) is 63.9 Å². The molecule has 0 atom stereocenters. The maximum atomic E-state index is 15.5. The average Bonchev–Trinajstić information content (AvgIpc) is 3.44. The van der Waals surface area contributed by atoms with E-state index in [1.807, 2.05) is 0 Å². The summed E-state index contributed by atoms with van der Waals surface area (Å²) in [4.78, 5) is 22.3. The predicted molar refractivity (Wildman–Crippen MR) is 141 cm³/mol. The molecule has 1 aromatic carbocycles. The number of hydrogen-bond acceptors (Lipinski definition) is 6. The highest BCUT2D eigenvalue weighted by Gasteiger charge is 2.45. The first-order valence-electron chi connectivity index (χ1n) is 12.7. The fourth-order valence-corrected chi connectivity index (χ4v) is 4.54. The number of halogens is 3. The van der Waals surface area contributed by atoms with E-state index in [1.54, 1.807) is 57.4 Å². The number of ether oxygens (including phenoxy) is 1. The number of amides is 1. The summed E-state index contributed by atoms with van der Waals surface area (Å²) in [7, 11) is 0. The first kappa shape index (κ1) is 26.5. The fraction of sp³-hybridized carbons (Fsp3) is 0.357. The van der Waals surface area contributed by atoms with Crippen LogP contribution in [0.3, 0.4) is 0 Å². The zero-order valence-corrected chi connectivity index (χ0v) is 21.9. The van der Waals surface area contributed by atoms with Crippen LogP contribution in [0.5, 0.6) is 0 Å². The summed E-state index contributed by atoms with van der Waals surface area (Å²) in [6.07, 6.45) is 4.57. The third-order valence-corrected chi connectivity index (χ3v) is 6.56. The second kappa shape index (κ2) is 10.2. The number of likely N-dealkylation sites (tertiary alicyclic amines) is 1. The quantitative estimate of drug-likeness (QED) is 0.315. The van der Waals surface area contributed by atoms with Crippen molar-refractivity contribution in [2.75, 3.05) is 18.4 Å². The standard InChI is InChI=1S/C28H29F3N6O2/c1-27(2,3)39-26(38)36-13-9-19(10-14-36)28(30,31)24-8-5-18-17-32-25(16-23(18)34-24)35-22-7-6-20(15-21(22)29)37-12-4-11-33-37/h4-8,11-12,15-17,19H,9-10,13-14H2,1-3H3,(H,32,35). The van der Waals surface area contributed by atoms with Gasteiger partial charge in [-0.15, -0.1) is 0 Å². The van der Waals surface area contributed by atoms with Gasteiger partial charge in [0, 0.05) is 55.1 Å². The molecule has 1 aliphatic rings. The summed E-state index contributed by atoms with van der Waals surface area (Å²) in [5, 5.41) is 7.56. The van der Waals surface area contributed by atoms with Crippen LogP contribution in [-0.4, -0.2) is 49.4 Å². The van der Waals surface area contributed by atoms with Gasteiger partial charge in [0.2, 0.25) is 0 Å². The molecule has 204 valence electrons. The van der Waals surface area contributed by atoms with Gasteiger partial charge < -0.3 is 15.0 Å². The summed E-state index contributed by atoms with van der Waals surface area (Å²) >= 11 is 0. The van der Waals surface area contributed by atoms with Gasteiger partial charge in [-0.3, -0.25) is 0 Å². The number of piperidine rings is 1. The monoisotopic (exact) mass is 538 g/mol. The second-order valence-electron chi connectivity index (χ2n) is 10.6. The normalized spacial score (nSPS) is 15.0. The molecule has 1 aliphatic heterocycles. The molecule has 1 N–H and O–H groups in total. The molecule has 1 amide bonds. The summed E-state index contributed by atoms with van der Waals surface area (Å²) in [6.45, 7) is 5.67. The zero-order chi connectivity index (χ0) is 27.8. The minimum Gasteiger partial charge on any atom is -0.444 e. The minimum atomic E-state index is -3.19. The van der Waals surface area contributed by atoms with E-state index in [1.165, 1.54) is 34.0 Å². The Kier molecular flexibility index (Phi) is 6.92. The first-order chi connectivity index (χ1) is 18.5. The maximum absolute atomic E-state index is 15.5. The lowest BCUT2D eigenvalue weighted by Crippen LogP contribution is -2.44. The van der Waals surface area contributed by atoms with E-state index in [9.17, 15) is 9.18 Å². The molecule has 39 heavy (non-hydrogen) atoms. The van der Waals surface area contributed by atoms with Gasteiger partial charge in [-0.1, -0.05) is 0 Å². The highest BCUT2D eigenvalue weighted by atomic mass is 19.3. The molecule has 0 aliphatic carbocycles. The number of fused-ring (bicyclic) bond motifs is 1. The Balaban J connectivity index is 1.31. The fourth-order valence-electron chi connectivity index (χ4n) is 4.54. The third-order valence-electron chi connectivity index (χ3n) is 6.56. The Hall–Kier alpha value is -4.15. The van der Waals surface area contributed by atoms with Gasteiger partial charge in [0.25, 0.3) is 5.92 Å². The molecule has 0 radical (unpaired) electrons. The highest BCUT2D eigenvalue weighted by molar-refractivity contribution is 5.81. The van der Waals surface area contributed by atoms with E-state index >= 15 is 8.78 Å². The van der Waals surface area contributed by atoms with E-state index in [0.717, 1.165) is 0 Å². The van der Waals surface area contributed by atoms with Crippen LogP contribution in [0.2, 0.25) is 0 Å². The zero-order valence-electron chi connectivity index (χ0n) is 21.9. The number of pyridine rings is 2. The number of anilines is 2. The smallest absolute Gasteiger partial charge is 0.410 e. The van der Waals surface area contributed by atoms with Crippen LogP contribution in [0.4, 0.5) is 29.5 Å². The van der Waals surface area contributed by atoms with Crippen molar-refractivity contribution in [3.8, 4) is 5.69 Å². The number of alkyl halides is 2. The van der Waals surface area contributed by atoms with Crippen LogP contribution < -0.4 is 5.32 Å². The summed E-state index contributed by atoms with van der Waals surface area (Å²) in [5.41, 5.74) is 0.0448. The van der Waals surface area contributed by atoms with Crippen LogP contribution in [0.25, 0.3) is 16.6 Å². The molecule has 0 spiro atoms. The Labute approximate surface area is 223 Å². The summed E-state index contributed by atoms with van der Waals surface area (Å²) in [6, 6.07) is 10.7. The largest absolute Gasteiger partial charge is 0.444 e. The number of carbonyl (C=O) groups is 1. The molecule has 3 aromatic heterocycles. The van der Waals surface area contributed by atoms with Gasteiger partial charge in [-0.25, -0.2) is 23.8 Å². The van der Waals surface area contributed by atoms with Crippen molar-refractivity contribution in [2.45, 2.75) is 45.1 Å². The Bertz CT molecular complexity index is 1480. The van der Waals surface area contributed by atoms with Gasteiger partial charge in [0.05, 0.1) is 16.9 Å². The molecule has 4 aromatic rings. The van der Waals surface area contributed by atoms with E-state index in [0.29, 0.717) is 16.6 Å². The molecular formula is C28H29F3N6O2. The van der Waals surface area contributed by atoms with Crippen LogP contribution >= 0.6 is 0 Å². The Morgan fingerprint density at radius 3 is 2.54 bits per heavy atom. The van der Waals surface area contributed by atoms with Crippen LogP contribution in [0.1, 0.15) is 39.3 Å². The number of aromatic nitrogens is 4. The molecule has 8 nitrogen and oxygen atoms in total. The Morgan fingerprint density at radius 2 is 1.87 bits per heavy atom. The van der Waals surface area contributed by atoms with Gasteiger partial charge in [0.1, 0.15) is 22.9 Å². The molecule has 1 saturated heterocycles. The number of rotatable bonds is 5. The molecule has 1 fully saturated rings. The van der Waals surface area contributed by atoms with E-state index in [2.05, 4.69) is 20.4 Å². The predicted octanol–water partition coefficient (Wildman–Crippen LogP) is 6.44. The number of carbonyl (C=O) groups excluding carboxylic acids is 1. The lowest BCUT2D eigenvalue weighted by Gasteiger charge is -2.36. The topological polar surface area (TPSA) is 85.2 Å². The van der Waals surface area contributed by atoms with Crippen LogP contribution in [0, 0.1) is 11.7 Å². The number of nitrogens with zero attached hydrogens (tertiary/aromatic N) is 5. The number of hydrogen-bond donors (Lipinski definition) is 1. The molecule has 11 heteroatoms. The minimum absolute atomic E-state index is 0.128. The van der Waals surface area contributed by atoms with Crippen molar-refractivity contribution in [3.63, 3.8) is 0 Å². The number of benzene rings is 1. The lowest BCUT2D eigenvalue weighted by atomic mass is 9.88. The summed E-state index contributed by atoms with van der Waals surface area (Å²) in [5.74, 6) is -4.41. The van der Waals surface area contributed by atoms with Crippen molar-refractivity contribution in [3.05, 3.63) is 72.6 Å². The first-order valence-corrected chi connectivity index (χ1v) is 12.7. The molecule has 4 heterocycles. The molecule has 0 saturated carbocycles. The van der Waals surface area contributed by atoms with Crippen molar-refractivity contribution >= 4 is 28.5 Å². The van der Waals surface area contributed by atoms with E-state index in [-0.39, 0.29) is 43.1 Å². The van der Waals surface area contributed by atoms with Crippen LogP contribution in [0.15, 0.2) is 61.1 Å². The molecule has 0 bridgehead atoms.